The molecule has 0 aliphatic heterocycles. The van der Waals surface area contributed by atoms with Gasteiger partial charge in [0, 0.05) is 13.1 Å². The number of amides is 1. The van der Waals surface area contributed by atoms with Crippen LogP contribution < -0.4 is 10.6 Å². The minimum atomic E-state index is -0.0915. The van der Waals surface area contributed by atoms with Crippen molar-refractivity contribution in [3.05, 3.63) is 0 Å². The van der Waals surface area contributed by atoms with Crippen molar-refractivity contribution in [2.24, 2.45) is 11.3 Å². The molecule has 0 heterocycles. The van der Waals surface area contributed by atoms with Gasteiger partial charge in [-0.3, -0.25) is 4.79 Å². The zero-order chi connectivity index (χ0) is 11.3. The van der Waals surface area contributed by atoms with Crippen LogP contribution in [0.5, 0.6) is 0 Å². The number of rotatable bonds is 6. The second-order valence-electron chi connectivity index (χ2n) is 5.10. The third kappa shape index (κ3) is 3.20. The van der Waals surface area contributed by atoms with Crippen molar-refractivity contribution < 1.29 is 4.79 Å². The SMILES string of the molecule is CNCC1(C(=O)NCCC(C)C)CCC1. The van der Waals surface area contributed by atoms with Crippen LogP contribution in [0.25, 0.3) is 0 Å². The summed E-state index contributed by atoms with van der Waals surface area (Å²) >= 11 is 0. The first-order valence-electron chi connectivity index (χ1n) is 6.03. The Labute approximate surface area is 93.0 Å². The molecule has 3 nitrogen and oxygen atoms in total. The molecule has 3 heteroatoms. The monoisotopic (exact) mass is 212 g/mol. The molecule has 0 atom stereocenters. The highest BCUT2D eigenvalue weighted by Gasteiger charge is 2.43. The van der Waals surface area contributed by atoms with Crippen molar-refractivity contribution in [3.63, 3.8) is 0 Å². The van der Waals surface area contributed by atoms with Gasteiger partial charge in [0.1, 0.15) is 0 Å². The van der Waals surface area contributed by atoms with Crippen molar-refractivity contribution in [3.8, 4) is 0 Å². The molecule has 0 saturated heterocycles. The average Bonchev–Trinajstić information content (AvgIpc) is 2.10. The molecule has 15 heavy (non-hydrogen) atoms. The Morgan fingerprint density at radius 2 is 2.07 bits per heavy atom. The van der Waals surface area contributed by atoms with Crippen LogP contribution in [0, 0.1) is 11.3 Å². The molecule has 1 saturated carbocycles. The zero-order valence-corrected chi connectivity index (χ0v) is 10.2. The Kier molecular flexibility index (Phi) is 4.58. The fourth-order valence-electron chi connectivity index (χ4n) is 2.09. The summed E-state index contributed by atoms with van der Waals surface area (Å²) in [5, 5.41) is 6.19. The van der Waals surface area contributed by atoms with E-state index in [9.17, 15) is 4.79 Å². The molecule has 0 spiro atoms. The van der Waals surface area contributed by atoms with Crippen molar-refractivity contribution in [2.45, 2.75) is 39.5 Å². The second-order valence-corrected chi connectivity index (χ2v) is 5.10. The van der Waals surface area contributed by atoms with Crippen LogP contribution in [0.2, 0.25) is 0 Å². The topological polar surface area (TPSA) is 41.1 Å². The first kappa shape index (κ1) is 12.5. The summed E-state index contributed by atoms with van der Waals surface area (Å²) in [6, 6.07) is 0. The lowest BCUT2D eigenvalue weighted by Crippen LogP contribution is -2.51. The van der Waals surface area contributed by atoms with Crippen LogP contribution in [0.3, 0.4) is 0 Å². The summed E-state index contributed by atoms with van der Waals surface area (Å²) in [5.74, 6) is 0.913. The van der Waals surface area contributed by atoms with Crippen molar-refractivity contribution >= 4 is 5.91 Å². The summed E-state index contributed by atoms with van der Waals surface area (Å²) < 4.78 is 0. The minimum Gasteiger partial charge on any atom is -0.356 e. The Hall–Kier alpha value is -0.570. The van der Waals surface area contributed by atoms with E-state index in [1.165, 1.54) is 6.42 Å². The maximum absolute atomic E-state index is 12.0. The van der Waals surface area contributed by atoms with Gasteiger partial charge in [0.2, 0.25) is 5.91 Å². The lowest BCUT2D eigenvalue weighted by atomic mass is 9.68. The van der Waals surface area contributed by atoms with Gasteiger partial charge in [-0.2, -0.15) is 0 Å². The molecule has 1 aliphatic rings. The fourth-order valence-corrected chi connectivity index (χ4v) is 2.09. The molecular formula is C12H24N2O. The quantitative estimate of drug-likeness (QED) is 0.701. The molecule has 88 valence electrons. The third-order valence-electron chi connectivity index (χ3n) is 3.31. The van der Waals surface area contributed by atoms with Crippen LogP contribution in [0.4, 0.5) is 0 Å². The third-order valence-corrected chi connectivity index (χ3v) is 3.31. The fraction of sp³-hybridized carbons (Fsp3) is 0.917. The van der Waals surface area contributed by atoms with Crippen LogP contribution in [0.1, 0.15) is 39.5 Å². The molecular weight excluding hydrogens is 188 g/mol. The van der Waals surface area contributed by atoms with E-state index < -0.39 is 0 Å². The Morgan fingerprint density at radius 3 is 2.47 bits per heavy atom. The molecule has 2 N–H and O–H groups in total. The lowest BCUT2D eigenvalue weighted by molar-refractivity contribution is -0.135. The molecule has 0 aromatic carbocycles. The van der Waals surface area contributed by atoms with E-state index in [-0.39, 0.29) is 11.3 Å². The number of carbonyl (C=O) groups excluding carboxylic acids is 1. The van der Waals surface area contributed by atoms with E-state index in [0.717, 1.165) is 32.4 Å². The van der Waals surface area contributed by atoms with Gasteiger partial charge < -0.3 is 10.6 Å². The largest absolute Gasteiger partial charge is 0.356 e. The van der Waals surface area contributed by atoms with Gasteiger partial charge >= 0.3 is 0 Å². The highest BCUT2D eigenvalue weighted by molar-refractivity contribution is 5.83. The molecule has 1 rings (SSSR count). The first-order valence-corrected chi connectivity index (χ1v) is 6.03. The standard InChI is InChI=1S/C12H24N2O/c1-10(2)5-8-14-11(15)12(9-13-3)6-4-7-12/h10,13H,4-9H2,1-3H3,(H,14,15). The normalized spacial score (nSPS) is 18.7. The molecule has 1 fully saturated rings. The molecule has 1 aliphatic carbocycles. The van der Waals surface area contributed by atoms with Gasteiger partial charge in [-0.15, -0.1) is 0 Å². The van der Waals surface area contributed by atoms with E-state index in [1.807, 2.05) is 7.05 Å². The molecule has 0 unspecified atom stereocenters. The van der Waals surface area contributed by atoms with Crippen LogP contribution in [-0.2, 0) is 4.79 Å². The molecule has 0 bridgehead atoms. The van der Waals surface area contributed by atoms with Gasteiger partial charge in [-0.25, -0.2) is 0 Å². The van der Waals surface area contributed by atoms with Crippen molar-refractivity contribution in [1.82, 2.24) is 10.6 Å². The molecule has 0 aromatic rings. The van der Waals surface area contributed by atoms with Crippen LogP contribution >= 0.6 is 0 Å². The number of hydrogen-bond donors (Lipinski definition) is 2. The van der Waals surface area contributed by atoms with Gasteiger partial charge in [0.05, 0.1) is 5.41 Å². The highest BCUT2D eigenvalue weighted by Crippen LogP contribution is 2.40. The van der Waals surface area contributed by atoms with Crippen molar-refractivity contribution in [1.29, 1.82) is 0 Å². The summed E-state index contributed by atoms with van der Waals surface area (Å²) in [7, 11) is 1.92. The maximum Gasteiger partial charge on any atom is 0.227 e. The average molecular weight is 212 g/mol. The molecule has 1 amide bonds. The zero-order valence-electron chi connectivity index (χ0n) is 10.2. The minimum absolute atomic E-state index is 0.0915. The van der Waals surface area contributed by atoms with E-state index in [2.05, 4.69) is 24.5 Å². The predicted molar refractivity (Wildman–Crippen MR) is 62.7 cm³/mol. The van der Waals surface area contributed by atoms with E-state index in [0.29, 0.717) is 5.92 Å². The second kappa shape index (κ2) is 5.50. The van der Waals surface area contributed by atoms with Crippen molar-refractivity contribution in [2.75, 3.05) is 20.1 Å². The maximum atomic E-state index is 12.0. The Bertz CT molecular complexity index is 210. The van der Waals surface area contributed by atoms with E-state index in [4.69, 9.17) is 0 Å². The smallest absolute Gasteiger partial charge is 0.227 e. The number of hydrogen-bond acceptors (Lipinski definition) is 2. The van der Waals surface area contributed by atoms with Crippen LogP contribution in [-0.4, -0.2) is 26.0 Å². The van der Waals surface area contributed by atoms with Gasteiger partial charge in [-0.1, -0.05) is 20.3 Å². The van der Waals surface area contributed by atoms with Gasteiger partial charge in [0.25, 0.3) is 0 Å². The Balaban J connectivity index is 2.31. The molecule has 0 radical (unpaired) electrons. The first-order chi connectivity index (χ1) is 7.10. The number of nitrogens with one attached hydrogen (secondary N) is 2. The Morgan fingerprint density at radius 1 is 1.40 bits per heavy atom. The number of carbonyl (C=O) groups is 1. The van der Waals surface area contributed by atoms with Gasteiger partial charge in [-0.05, 0) is 32.2 Å². The summed E-state index contributed by atoms with van der Waals surface area (Å²) in [5.41, 5.74) is -0.0915. The lowest BCUT2D eigenvalue weighted by Gasteiger charge is -2.40. The van der Waals surface area contributed by atoms with E-state index in [1.54, 1.807) is 0 Å². The van der Waals surface area contributed by atoms with Gasteiger partial charge in [0.15, 0.2) is 0 Å². The summed E-state index contributed by atoms with van der Waals surface area (Å²) in [6.45, 7) is 6.00. The van der Waals surface area contributed by atoms with E-state index >= 15 is 0 Å². The predicted octanol–water partition coefficient (Wildman–Crippen LogP) is 1.54. The summed E-state index contributed by atoms with van der Waals surface area (Å²) in [4.78, 5) is 12.0. The highest BCUT2D eigenvalue weighted by atomic mass is 16.2. The summed E-state index contributed by atoms with van der Waals surface area (Å²) in [6.07, 6.45) is 4.35. The van der Waals surface area contributed by atoms with Crippen LogP contribution in [0.15, 0.2) is 0 Å². The molecule has 0 aromatic heterocycles.